The van der Waals surface area contributed by atoms with Crippen molar-refractivity contribution in [1.82, 2.24) is 5.32 Å². The minimum absolute atomic E-state index is 0.0197. The highest BCUT2D eigenvalue weighted by molar-refractivity contribution is 7.92. The van der Waals surface area contributed by atoms with Gasteiger partial charge < -0.3 is 20.1 Å². The molecule has 0 aromatic heterocycles. The van der Waals surface area contributed by atoms with Crippen molar-refractivity contribution in [2.24, 2.45) is 0 Å². The number of aryl methyl sites for hydroxylation is 1. The fourth-order valence-electron chi connectivity index (χ4n) is 3.43. The van der Waals surface area contributed by atoms with Gasteiger partial charge in [0, 0.05) is 12.2 Å². The van der Waals surface area contributed by atoms with Gasteiger partial charge in [-0.25, -0.2) is 12.8 Å². The monoisotopic (exact) mass is 485 g/mol. The Morgan fingerprint density at radius 3 is 2.62 bits per heavy atom. The molecule has 0 bridgehead atoms. The van der Waals surface area contributed by atoms with Gasteiger partial charge in [-0.05, 0) is 61.4 Å². The van der Waals surface area contributed by atoms with Gasteiger partial charge in [-0.1, -0.05) is 24.3 Å². The van der Waals surface area contributed by atoms with Crippen LogP contribution in [0.2, 0.25) is 0 Å². The molecule has 1 unspecified atom stereocenters. The summed E-state index contributed by atoms with van der Waals surface area (Å²) in [5, 5.41) is 5.85. The molecule has 0 spiro atoms. The number of hydrogen-bond donors (Lipinski definition) is 3. The van der Waals surface area contributed by atoms with Gasteiger partial charge in [0.2, 0.25) is 12.7 Å². The van der Waals surface area contributed by atoms with Gasteiger partial charge in [0.15, 0.2) is 11.5 Å². The van der Waals surface area contributed by atoms with Crippen LogP contribution in [-0.2, 0) is 21.4 Å². The molecule has 178 valence electrons. The Morgan fingerprint density at radius 2 is 1.82 bits per heavy atom. The van der Waals surface area contributed by atoms with E-state index in [1.54, 1.807) is 38.1 Å². The lowest BCUT2D eigenvalue weighted by atomic mass is 10.2. The van der Waals surface area contributed by atoms with Crippen LogP contribution in [-0.4, -0.2) is 27.2 Å². The molecule has 1 aliphatic heterocycles. The smallest absolute Gasteiger partial charge is 0.262 e. The molecule has 0 saturated carbocycles. The molecule has 3 N–H and O–H groups in total. The summed E-state index contributed by atoms with van der Waals surface area (Å²) in [6, 6.07) is 15.0. The zero-order chi connectivity index (χ0) is 24.3. The second kappa shape index (κ2) is 9.60. The normalized spacial score (nSPS) is 13.3. The molecule has 1 amide bonds. The van der Waals surface area contributed by atoms with Crippen LogP contribution >= 0.6 is 0 Å². The zero-order valence-electron chi connectivity index (χ0n) is 18.6. The number of ether oxygens (including phenoxy) is 2. The maximum Gasteiger partial charge on any atom is 0.262 e. The summed E-state index contributed by atoms with van der Waals surface area (Å²) >= 11 is 0. The van der Waals surface area contributed by atoms with Crippen LogP contribution in [0, 0.1) is 12.7 Å². The number of hydrogen-bond acceptors (Lipinski definition) is 6. The summed E-state index contributed by atoms with van der Waals surface area (Å²) in [5.74, 6) is 0.355. The first-order valence-electron chi connectivity index (χ1n) is 10.5. The van der Waals surface area contributed by atoms with E-state index < -0.39 is 21.9 Å². The van der Waals surface area contributed by atoms with Crippen molar-refractivity contribution in [2.75, 3.05) is 16.8 Å². The Morgan fingerprint density at radius 1 is 1.06 bits per heavy atom. The molecule has 4 rings (SSSR count). The molecule has 0 aliphatic carbocycles. The first kappa shape index (κ1) is 23.4. The van der Waals surface area contributed by atoms with Crippen molar-refractivity contribution in [2.45, 2.75) is 31.3 Å². The predicted molar refractivity (Wildman–Crippen MR) is 126 cm³/mol. The topological polar surface area (TPSA) is 106 Å². The molecule has 10 heteroatoms. The van der Waals surface area contributed by atoms with Crippen molar-refractivity contribution in [3.05, 3.63) is 77.6 Å². The largest absolute Gasteiger partial charge is 0.454 e. The molecule has 0 saturated heterocycles. The zero-order valence-corrected chi connectivity index (χ0v) is 19.4. The van der Waals surface area contributed by atoms with Crippen molar-refractivity contribution in [3.8, 4) is 11.5 Å². The third-order valence-electron chi connectivity index (χ3n) is 5.28. The molecular formula is C24H24FN3O5S. The average molecular weight is 486 g/mol. The third-order valence-corrected chi connectivity index (χ3v) is 6.78. The Balaban J connectivity index is 1.42. The average Bonchev–Trinajstić information content (AvgIpc) is 3.28. The molecular weight excluding hydrogens is 461 g/mol. The fraction of sp³-hybridized carbons (Fsp3) is 0.208. The summed E-state index contributed by atoms with van der Waals surface area (Å²) in [6.07, 6.45) is 0. The quantitative estimate of drug-likeness (QED) is 0.449. The van der Waals surface area contributed by atoms with Gasteiger partial charge in [0.25, 0.3) is 10.0 Å². The van der Waals surface area contributed by atoms with Crippen LogP contribution < -0.4 is 24.8 Å². The lowest BCUT2D eigenvalue weighted by molar-refractivity contribution is -0.121. The Kier molecular flexibility index (Phi) is 6.60. The van der Waals surface area contributed by atoms with Crippen molar-refractivity contribution in [1.29, 1.82) is 0 Å². The van der Waals surface area contributed by atoms with Gasteiger partial charge in [0.1, 0.15) is 11.9 Å². The minimum Gasteiger partial charge on any atom is -0.454 e. The van der Waals surface area contributed by atoms with E-state index in [1.165, 1.54) is 30.3 Å². The molecule has 1 atom stereocenters. The van der Waals surface area contributed by atoms with E-state index in [9.17, 15) is 17.6 Å². The van der Waals surface area contributed by atoms with E-state index >= 15 is 0 Å². The fourth-order valence-corrected chi connectivity index (χ4v) is 4.77. The second-order valence-corrected chi connectivity index (χ2v) is 9.49. The van der Waals surface area contributed by atoms with Crippen LogP contribution in [0.5, 0.6) is 11.5 Å². The van der Waals surface area contributed by atoms with E-state index in [0.29, 0.717) is 29.3 Å². The highest BCUT2D eigenvalue weighted by Gasteiger charge is 2.21. The van der Waals surface area contributed by atoms with Crippen molar-refractivity contribution in [3.63, 3.8) is 0 Å². The summed E-state index contributed by atoms with van der Waals surface area (Å²) in [5.41, 5.74) is 1.63. The van der Waals surface area contributed by atoms with E-state index in [2.05, 4.69) is 15.4 Å². The maximum absolute atomic E-state index is 13.9. The first-order valence-corrected chi connectivity index (χ1v) is 12.0. The van der Waals surface area contributed by atoms with E-state index in [4.69, 9.17) is 9.47 Å². The van der Waals surface area contributed by atoms with E-state index in [0.717, 1.165) is 5.56 Å². The number of sulfonamides is 1. The first-order chi connectivity index (χ1) is 16.2. The highest BCUT2D eigenvalue weighted by Crippen LogP contribution is 2.32. The number of nitrogens with one attached hydrogen (secondary N) is 3. The van der Waals surface area contributed by atoms with Crippen LogP contribution in [0.1, 0.15) is 18.1 Å². The number of amides is 1. The molecule has 1 heterocycles. The predicted octanol–water partition coefficient (Wildman–Crippen LogP) is 3.78. The van der Waals surface area contributed by atoms with Crippen LogP contribution in [0.3, 0.4) is 0 Å². The SMILES string of the molecule is Cc1ccc(NC(C)C(=O)NCc2ccc3c(c2)OCO3)cc1S(=O)(=O)Nc1ccccc1F. The van der Waals surface area contributed by atoms with Crippen LogP contribution in [0.15, 0.2) is 65.6 Å². The van der Waals surface area contributed by atoms with E-state index in [-0.39, 0.29) is 23.3 Å². The number of carbonyl (C=O) groups is 1. The standard InChI is InChI=1S/C24H24FN3O5S/c1-15-7-9-18(12-23(15)34(30,31)28-20-6-4-3-5-19(20)25)27-16(2)24(29)26-13-17-8-10-21-22(11-17)33-14-32-21/h3-12,16,27-28H,13-14H2,1-2H3,(H,26,29). The summed E-state index contributed by atoms with van der Waals surface area (Å²) in [7, 11) is -4.05. The summed E-state index contributed by atoms with van der Waals surface area (Å²) in [6.45, 7) is 3.78. The Hall–Kier alpha value is -3.79. The molecule has 1 aliphatic rings. The van der Waals surface area contributed by atoms with Gasteiger partial charge in [0.05, 0.1) is 10.6 Å². The number of rotatable bonds is 8. The highest BCUT2D eigenvalue weighted by atomic mass is 32.2. The van der Waals surface area contributed by atoms with E-state index in [1.807, 2.05) is 6.07 Å². The third kappa shape index (κ3) is 5.23. The van der Waals surface area contributed by atoms with Gasteiger partial charge in [-0.15, -0.1) is 0 Å². The van der Waals surface area contributed by atoms with Gasteiger partial charge in [-0.2, -0.15) is 0 Å². The van der Waals surface area contributed by atoms with Gasteiger partial charge >= 0.3 is 0 Å². The molecule has 0 fully saturated rings. The lowest BCUT2D eigenvalue weighted by Crippen LogP contribution is -2.37. The molecule has 34 heavy (non-hydrogen) atoms. The maximum atomic E-state index is 13.9. The Labute approximate surface area is 197 Å². The Bertz CT molecular complexity index is 1330. The number of benzene rings is 3. The molecule has 3 aromatic carbocycles. The minimum atomic E-state index is -4.05. The van der Waals surface area contributed by atoms with Crippen molar-refractivity contribution < 1.29 is 27.1 Å². The molecule has 8 nitrogen and oxygen atoms in total. The lowest BCUT2D eigenvalue weighted by Gasteiger charge is -2.17. The summed E-state index contributed by atoms with van der Waals surface area (Å²) < 4.78 is 52.6. The number of para-hydroxylation sites is 1. The molecule has 3 aromatic rings. The number of anilines is 2. The molecule has 0 radical (unpaired) electrons. The number of halogens is 1. The van der Waals surface area contributed by atoms with Crippen LogP contribution in [0.4, 0.5) is 15.8 Å². The number of carbonyl (C=O) groups excluding carboxylic acids is 1. The number of fused-ring (bicyclic) bond motifs is 1. The second-order valence-electron chi connectivity index (χ2n) is 7.84. The van der Waals surface area contributed by atoms with Crippen molar-refractivity contribution >= 4 is 27.3 Å². The van der Waals surface area contributed by atoms with Gasteiger partial charge in [-0.3, -0.25) is 9.52 Å². The van der Waals surface area contributed by atoms with Crippen LogP contribution in [0.25, 0.3) is 0 Å². The summed E-state index contributed by atoms with van der Waals surface area (Å²) in [4.78, 5) is 12.6.